The van der Waals surface area contributed by atoms with E-state index in [0.717, 1.165) is 37.8 Å². The predicted octanol–water partition coefficient (Wildman–Crippen LogP) is 5.13. The highest BCUT2D eigenvalue weighted by molar-refractivity contribution is 6.66. The lowest BCUT2D eigenvalue weighted by Crippen LogP contribution is -2.42. The zero-order valence-electron chi connectivity index (χ0n) is 18.9. The second-order valence-electron chi connectivity index (χ2n) is 8.22. The molecule has 3 aliphatic rings. The van der Waals surface area contributed by atoms with Crippen molar-refractivity contribution in [2.45, 2.75) is 59.0 Å². The zero-order chi connectivity index (χ0) is 21.7. The number of aliphatic hydroxyl groups is 1. The smallest absolute Gasteiger partial charge is 0.198 e. The van der Waals surface area contributed by atoms with E-state index in [1.807, 2.05) is 26.0 Å². The van der Waals surface area contributed by atoms with Crippen LogP contribution in [0.4, 0.5) is 0 Å². The van der Waals surface area contributed by atoms with Crippen LogP contribution >= 0.6 is 0 Å². The van der Waals surface area contributed by atoms with Crippen molar-refractivity contribution in [3.8, 4) is 0 Å². The van der Waals surface area contributed by atoms with Gasteiger partial charge in [0.2, 0.25) is 0 Å². The molecule has 0 amide bonds. The maximum Gasteiger partial charge on any atom is 0.198 e. The summed E-state index contributed by atoms with van der Waals surface area (Å²) >= 11 is 0. The monoisotopic (exact) mass is 402 g/mol. The van der Waals surface area contributed by atoms with Crippen LogP contribution in [0.25, 0.3) is 5.76 Å². The number of benzene rings is 2. The van der Waals surface area contributed by atoms with Gasteiger partial charge in [0.05, 0.1) is 0 Å². The molecule has 0 aliphatic carbocycles. The Morgan fingerprint density at radius 3 is 2.67 bits per heavy atom. The van der Waals surface area contributed by atoms with Crippen molar-refractivity contribution < 1.29 is 5.11 Å². The number of hydrogen-bond donors (Lipinski definition) is 2. The molecule has 2 aromatic carbocycles. The van der Waals surface area contributed by atoms with Crippen LogP contribution in [0, 0.1) is 0 Å². The lowest BCUT2D eigenvalue weighted by atomic mass is 9.39. The van der Waals surface area contributed by atoms with Gasteiger partial charge in [0.25, 0.3) is 0 Å². The fourth-order valence-electron chi connectivity index (χ4n) is 4.63. The molecular weight excluding hydrogens is 367 g/mol. The van der Waals surface area contributed by atoms with E-state index in [2.05, 4.69) is 67.2 Å². The van der Waals surface area contributed by atoms with Gasteiger partial charge >= 0.3 is 0 Å². The summed E-state index contributed by atoms with van der Waals surface area (Å²) in [5, 5.41) is 13.0. The number of hydrogen-bond acceptors (Lipinski definition) is 3. The molecule has 0 spiro atoms. The van der Waals surface area contributed by atoms with Crippen molar-refractivity contribution in [2.75, 3.05) is 7.05 Å². The number of aryl methyl sites for hydroxylation is 1. The highest BCUT2D eigenvalue weighted by Gasteiger charge is 2.33. The van der Waals surface area contributed by atoms with E-state index in [4.69, 9.17) is 0 Å². The maximum absolute atomic E-state index is 9.59. The normalized spacial score (nSPS) is 18.1. The van der Waals surface area contributed by atoms with Gasteiger partial charge in [-0.25, -0.2) is 0 Å². The van der Waals surface area contributed by atoms with Crippen molar-refractivity contribution in [1.82, 2.24) is 10.2 Å². The van der Waals surface area contributed by atoms with E-state index < -0.39 is 0 Å². The van der Waals surface area contributed by atoms with E-state index in [0.29, 0.717) is 12.7 Å². The molecule has 30 heavy (non-hydrogen) atoms. The summed E-state index contributed by atoms with van der Waals surface area (Å²) in [6, 6.07) is 13.0. The molecular formula is C26H35BN2O. The lowest BCUT2D eigenvalue weighted by Gasteiger charge is -2.27. The van der Waals surface area contributed by atoms with Crippen LogP contribution in [0.5, 0.6) is 0 Å². The van der Waals surface area contributed by atoms with Crippen LogP contribution in [0.1, 0.15) is 54.2 Å². The quantitative estimate of drug-likeness (QED) is 0.540. The largest absolute Gasteiger partial charge is 0.508 e. The maximum atomic E-state index is 9.59. The van der Waals surface area contributed by atoms with Crippen molar-refractivity contribution >= 4 is 12.5 Å². The molecule has 4 heteroatoms. The standard InChI is InChI=1S/C13H14BNO.C11H15N.C2H6/c1-9(16)11-4-2-3-10-7-13-14(5-6-15-13)8-12(10)11;1-3-9-4-5-10-7-12(2)8-11(10)6-9;1-2/h2-6,13,15-16H,1,7-8H2;4-6H,3,7-8H2,1-2H3;1-2H3. The first-order chi connectivity index (χ1) is 14.5. The summed E-state index contributed by atoms with van der Waals surface area (Å²) in [6.07, 6.45) is 5.24. The Labute approximate surface area is 182 Å². The van der Waals surface area contributed by atoms with Crippen LogP contribution in [0.3, 0.4) is 0 Å². The van der Waals surface area contributed by atoms with Gasteiger partial charge in [-0.05, 0) is 60.2 Å². The second kappa shape index (κ2) is 10.0. The number of fused-ring (bicyclic) bond motifs is 3. The number of rotatable bonds is 2. The average molecular weight is 402 g/mol. The number of nitrogens with one attached hydrogen (secondary N) is 1. The molecule has 2 N–H and O–H groups in total. The minimum Gasteiger partial charge on any atom is -0.508 e. The topological polar surface area (TPSA) is 35.5 Å². The van der Waals surface area contributed by atoms with E-state index in [9.17, 15) is 5.11 Å². The number of aliphatic hydroxyl groups excluding tert-OH is 1. The highest BCUT2D eigenvalue weighted by Crippen LogP contribution is 2.29. The van der Waals surface area contributed by atoms with Gasteiger partial charge in [-0.3, -0.25) is 4.90 Å². The first kappa shape index (κ1) is 22.2. The molecule has 158 valence electrons. The summed E-state index contributed by atoms with van der Waals surface area (Å²) in [6.45, 7) is 12.7. The van der Waals surface area contributed by atoms with Crippen LogP contribution in [0.2, 0.25) is 0 Å². The SMILES string of the molecule is C=C(O)c1cccc2c1CB1C=CNC1C2.CC.CCc1ccc2c(c1)CN(C)C2. The Morgan fingerprint density at radius 2 is 1.93 bits per heavy atom. The first-order valence-electron chi connectivity index (χ1n) is 11.3. The van der Waals surface area contributed by atoms with Gasteiger partial charge in [0.15, 0.2) is 6.71 Å². The minimum atomic E-state index is 0.185. The van der Waals surface area contributed by atoms with Gasteiger partial charge in [-0.15, -0.1) is 0 Å². The number of nitrogens with zero attached hydrogens (tertiary/aromatic N) is 1. The van der Waals surface area contributed by atoms with Crippen molar-refractivity contribution in [2.24, 2.45) is 0 Å². The van der Waals surface area contributed by atoms with Gasteiger partial charge in [0, 0.05) is 24.6 Å². The molecule has 1 atom stereocenters. The average Bonchev–Trinajstić information content (AvgIpc) is 3.37. The van der Waals surface area contributed by atoms with Crippen molar-refractivity contribution in [1.29, 1.82) is 0 Å². The summed E-state index contributed by atoms with van der Waals surface area (Å²) < 4.78 is 0. The van der Waals surface area contributed by atoms with Gasteiger partial charge in [0.1, 0.15) is 5.76 Å². The molecule has 0 saturated heterocycles. The fraction of sp³-hybridized carbons (Fsp3) is 0.385. The lowest BCUT2D eigenvalue weighted by molar-refractivity contribution is 0.353. The molecule has 1 unspecified atom stereocenters. The predicted molar refractivity (Wildman–Crippen MR) is 130 cm³/mol. The molecule has 0 aromatic heterocycles. The molecule has 0 saturated carbocycles. The third-order valence-electron chi connectivity index (χ3n) is 6.19. The summed E-state index contributed by atoms with van der Waals surface area (Å²) in [7, 11) is 2.17. The van der Waals surface area contributed by atoms with Crippen molar-refractivity contribution in [3.05, 3.63) is 88.5 Å². The van der Waals surface area contributed by atoms with Gasteiger partial charge < -0.3 is 10.4 Å². The molecule has 3 heterocycles. The third-order valence-corrected chi connectivity index (χ3v) is 6.19. The molecule has 2 aromatic rings. The third kappa shape index (κ3) is 4.81. The molecule has 0 fully saturated rings. The summed E-state index contributed by atoms with van der Waals surface area (Å²) in [4.78, 5) is 2.35. The van der Waals surface area contributed by atoms with Crippen LogP contribution in [-0.2, 0) is 32.3 Å². The Kier molecular flexibility index (Phi) is 7.44. The Hall–Kier alpha value is -2.46. The molecule has 0 radical (unpaired) electrons. The van der Waals surface area contributed by atoms with E-state index >= 15 is 0 Å². The fourth-order valence-corrected chi connectivity index (χ4v) is 4.63. The van der Waals surface area contributed by atoms with Gasteiger partial charge in [-0.2, -0.15) is 0 Å². The summed E-state index contributed by atoms with van der Waals surface area (Å²) in [5.41, 5.74) is 8.02. The van der Waals surface area contributed by atoms with E-state index in [-0.39, 0.29) is 5.76 Å². The second-order valence-corrected chi connectivity index (χ2v) is 8.22. The molecule has 3 nitrogen and oxygen atoms in total. The highest BCUT2D eigenvalue weighted by atomic mass is 16.3. The minimum absolute atomic E-state index is 0.185. The molecule has 5 rings (SSSR count). The van der Waals surface area contributed by atoms with E-state index in [1.165, 1.54) is 27.8 Å². The van der Waals surface area contributed by atoms with Crippen LogP contribution in [-0.4, -0.2) is 29.7 Å². The molecule has 0 bridgehead atoms. The zero-order valence-corrected chi connectivity index (χ0v) is 18.9. The van der Waals surface area contributed by atoms with Crippen LogP contribution < -0.4 is 5.32 Å². The van der Waals surface area contributed by atoms with E-state index in [1.54, 1.807) is 0 Å². The van der Waals surface area contributed by atoms with Crippen LogP contribution in [0.15, 0.2) is 55.2 Å². The molecule has 3 aliphatic heterocycles. The summed E-state index contributed by atoms with van der Waals surface area (Å²) in [5.74, 6) is 2.95. The first-order valence-corrected chi connectivity index (χ1v) is 11.3. The Bertz CT molecular complexity index is 921. The van der Waals surface area contributed by atoms with Gasteiger partial charge in [-0.1, -0.05) is 69.7 Å². The Balaban J connectivity index is 0.000000163. The van der Waals surface area contributed by atoms with Crippen molar-refractivity contribution in [3.63, 3.8) is 0 Å². The Morgan fingerprint density at radius 1 is 1.17 bits per heavy atom.